The minimum atomic E-state index is 0.170. The molecule has 0 radical (unpaired) electrons. The summed E-state index contributed by atoms with van der Waals surface area (Å²) in [4.78, 5) is 2.12. The van der Waals surface area contributed by atoms with Gasteiger partial charge in [0, 0.05) is 13.1 Å². The van der Waals surface area contributed by atoms with Crippen molar-refractivity contribution in [1.29, 1.82) is 0 Å². The van der Waals surface area contributed by atoms with Crippen molar-refractivity contribution in [1.82, 2.24) is 10.2 Å². The number of nitrogens with one attached hydrogen (secondary N) is 1. The molecule has 0 spiro atoms. The van der Waals surface area contributed by atoms with E-state index in [1.54, 1.807) is 0 Å². The van der Waals surface area contributed by atoms with Gasteiger partial charge < -0.3 is 15.5 Å². The Hall–Kier alpha value is -0.420. The molecule has 0 aromatic rings. The van der Waals surface area contributed by atoms with Crippen molar-refractivity contribution in [3.8, 4) is 0 Å². The molecule has 4 heteroatoms. The van der Waals surface area contributed by atoms with Crippen LogP contribution in [0.25, 0.3) is 0 Å². The monoisotopic (exact) mass is 412 g/mol. The molecule has 29 heavy (non-hydrogen) atoms. The fourth-order valence-electron chi connectivity index (χ4n) is 3.67. The van der Waals surface area contributed by atoms with E-state index in [-0.39, 0.29) is 13.2 Å². The molecule has 3 N–H and O–H groups in total. The lowest BCUT2D eigenvalue weighted by Crippen LogP contribution is -2.32. The van der Waals surface area contributed by atoms with Gasteiger partial charge in [0.05, 0.1) is 13.2 Å². The van der Waals surface area contributed by atoms with Crippen LogP contribution in [0.3, 0.4) is 0 Å². The van der Waals surface area contributed by atoms with Crippen LogP contribution in [0, 0.1) is 0 Å². The highest BCUT2D eigenvalue weighted by Crippen LogP contribution is 2.09. The van der Waals surface area contributed by atoms with Crippen molar-refractivity contribution in [2.24, 2.45) is 0 Å². The molecule has 174 valence electrons. The van der Waals surface area contributed by atoms with Crippen LogP contribution in [-0.2, 0) is 0 Å². The Morgan fingerprint density at radius 2 is 1.07 bits per heavy atom. The summed E-state index contributed by atoms with van der Waals surface area (Å²) < 4.78 is 0. The maximum atomic E-state index is 8.99. The third kappa shape index (κ3) is 23.7. The third-order valence-electron chi connectivity index (χ3n) is 5.53. The zero-order valence-corrected chi connectivity index (χ0v) is 19.6. The van der Waals surface area contributed by atoms with Gasteiger partial charge in [-0.2, -0.15) is 0 Å². The van der Waals surface area contributed by atoms with Crippen LogP contribution >= 0.6 is 0 Å². The second-order valence-corrected chi connectivity index (χ2v) is 8.33. The van der Waals surface area contributed by atoms with Gasteiger partial charge in [0.1, 0.15) is 0 Å². The molecule has 0 aromatic heterocycles. The molecule has 0 amide bonds. The van der Waals surface area contributed by atoms with E-state index in [9.17, 15) is 0 Å². The number of unbranched alkanes of at least 4 members (excludes halogenated alkanes) is 12. The fourth-order valence-corrected chi connectivity index (χ4v) is 3.67. The molecule has 0 aliphatic heterocycles. The number of hydrogen-bond donors (Lipinski definition) is 3. The smallest absolute Gasteiger partial charge is 0.0558 e. The molecule has 4 nitrogen and oxygen atoms in total. The Morgan fingerprint density at radius 1 is 0.586 bits per heavy atom. The van der Waals surface area contributed by atoms with Crippen LogP contribution in [0.2, 0.25) is 0 Å². The highest BCUT2D eigenvalue weighted by atomic mass is 16.3. The van der Waals surface area contributed by atoms with Crippen LogP contribution in [0.4, 0.5) is 0 Å². The number of rotatable bonds is 24. The van der Waals surface area contributed by atoms with Crippen molar-refractivity contribution in [2.45, 2.75) is 103 Å². The van der Waals surface area contributed by atoms with Crippen LogP contribution in [0.1, 0.15) is 103 Å². The molecule has 0 aromatic carbocycles. The van der Waals surface area contributed by atoms with Gasteiger partial charge in [-0.05, 0) is 58.2 Å². The molecule has 0 rings (SSSR count). The summed E-state index contributed by atoms with van der Waals surface area (Å²) in [6.45, 7) is 7.03. The first-order valence-electron chi connectivity index (χ1n) is 12.6. The summed E-state index contributed by atoms with van der Waals surface area (Å²) >= 11 is 0. The first-order chi connectivity index (χ1) is 14.3. The number of aliphatic hydroxyl groups excluding tert-OH is 2. The maximum absolute atomic E-state index is 8.99. The minimum absolute atomic E-state index is 0.170. The Kier molecular flexibility index (Phi) is 25.2. The van der Waals surface area contributed by atoms with E-state index in [1.165, 1.54) is 89.9 Å². The van der Waals surface area contributed by atoms with Crippen LogP contribution < -0.4 is 5.32 Å². The zero-order valence-electron chi connectivity index (χ0n) is 19.6. The van der Waals surface area contributed by atoms with E-state index in [1.807, 2.05) is 0 Å². The topological polar surface area (TPSA) is 55.7 Å². The predicted octanol–water partition coefficient (Wildman–Crippen LogP) is 5.29. The number of hydrogen-bond acceptors (Lipinski definition) is 4. The standard InChI is InChI=1S/C25H52N2O2/c1-2-3-4-5-6-7-8-9-10-11-12-13-14-15-16-17-19-26-20-18-21-27(22-24-28)23-25-29/h9-10,26,28-29H,2-8,11-25H2,1H3. The van der Waals surface area contributed by atoms with Crippen LogP contribution in [0.5, 0.6) is 0 Å². The van der Waals surface area contributed by atoms with Gasteiger partial charge in [-0.1, -0.05) is 76.9 Å². The Labute approximate surface area is 182 Å². The summed E-state index contributed by atoms with van der Waals surface area (Å²) in [5, 5.41) is 21.5. The van der Waals surface area contributed by atoms with Crippen molar-refractivity contribution >= 4 is 0 Å². The molecular weight excluding hydrogens is 360 g/mol. The van der Waals surface area contributed by atoms with Crippen molar-refractivity contribution in [2.75, 3.05) is 45.9 Å². The quantitative estimate of drug-likeness (QED) is 0.149. The Bertz CT molecular complexity index is 318. The molecule has 0 unspecified atom stereocenters. The Balaban J connectivity index is 3.19. The van der Waals surface area contributed by atoms with Crippen molar-refractivity contribution in [3.63, 3.8) is 0 Å². The summed E-state index contributed by atoms with van der Waals surface area (Å²) in [5.74, 6) is 0. The second kappa shape index (κ2) is 25.6. The summed E-state index contributed by atoms with van der Waals surface area (Å²) in [6.07, 6.45) is 24.9. The lowest BCUT2D eigenvalue weighted by molar-refractivity contribution is 0.160. The molecule has 0 bridgehead atoms. The molecule has 0 aliphatic rings. The average Bonchev–Trinajstić information content (AvgIpc) is 2.72. The van der Waals surface area contributed by atoms with Crippen molar-refractivity contribution < 1.29 is 10.2 Å². The molecule has 0 saturated heterocycles. The number of allylic oxidation sites excluding steroid dienone is 2. The van der Waals surface area contributed by atoms with E-state index >= 15 is 0 Å². The third-order valence-corrected chi connectivity index (χ3v) is 5.53. The molecule has 0 heterocycles. The van der Waals surface area contributed by atoms with E-state index in [0.29, 0.717) is 13.1 Å². The fraction of sp³-hybridized carbons (Fsp3) is 0.920. The van der Waals surface area contributed by atoms with Crippen LogP contribution in [0.15, 0.2) is 12.2 Å². The van der Waals surface area contributed by atoms with Crippen molar-refractivity contribution in [3.05, 3.63) is 12.2 Å². The first kappa shape index (κ1) is 28.6. The van der Waals surface area contributed by atoms with Gasteiger partial charge in [0.25, 0.3) is 0 Å². The van der Waals surface area contributed by atoms with E-state index in [4.69, 9.17) is 10.2 Å². The highest BCUT2D eigenvalue weighted by molar-refractivity contribution is 4.81. The minimum Gasteiger partial charge on any atom is -0.395 e. The highest BCUT2D eigenvalue weighted by Gasteiger charge is 2.02. The zero-order chi connectivity index (χ0) is 21.3. The predicted molar refractivity (Wildman–Crippen MR) is 128 cm³/mol. The average molecular weight is 413 g/mol. The number of aliphatic hydroxyl groups is 2. The molecule has 0 saturated carbocycles. The largest absolute Gasteiger partial charge is 0.395 e. The van der Waals surface area contributed by atoms with Gasteiger partial charge in [-0.25, -0.2) is 0 Å². The van der Waals surface area contributed by atoms with E-state index in [0.717, 1.165) is 26.1 Å². The molecular formula is C25H52N2O2. The molecule has 0 aliphatic carbocycles. The van der Waals surface area contributed by atoms with Gasteiger partial charge in [-0.15, -0.1) is 0 Å². The normalized spacial score (nSPS) is 11.9. The van der Waals surface area contributed by atoms with Gasteiger partial charge in [0.2, 0.25) is 0 Å². The number of nitrogens with zero attached hydrogens (tertiary/aromatic N) is 1. The Morgan fingerprint density at radius 3 is 1.62 bits per heavy atom. The second-order valence-electron chi connectivity index (χ2n) is 8.33. The van der Waals surface area contributed by atoms with Crippen LogP contribution in [-0.4, -0.2) is 61.1 Å². The first-order valence-corrected chi connectivity index (χ1v) is 12.6. The maximum Gasteiger partial charge on any atom is 0.0558 e. The lowest BCUT2D eigenvalue weighted by atomic mass is 10.1. The van der Waals surface area contributed by atoms with Gasteiger partial charge in [0.15, 0.2) is 0 Å². The summed E-state index contributed by atoms with van der Waals surface area (Å²) in [5.41, 5.74) is 0. The van der Waals surface area contributed by atoms with Gasteiger partial charge in [-0.3, -0.25) is 4.90 Å². The van der Waals surface area contributed by atoms with E-state index < -0.39 is 0 Å². The van der Waals surface area contributed by atoms with E-state index in [2.05, 4.69) is 29.3 Å². The summed E-state index contributed by atoms with van der Waals surface area (Å²) in [7, 11) is 0. The molecule has 0 atom stereocenters. The summed E-state index contributed by atoms with van der Waals surface area (Å²) in [6, 6.07) is 0. The SMILES string of the molecule is CCCCCCCCC=CCCCCCCCCNCCCN(CCO)CCO. The molecule has 0 fully saturated rings. The van der Waals surface area contributed by atoms with Gasteiger partial charge >= 0.3 is 0 Å². The lowest BCUT2D eigenvalue weighted by Gasteiger charge is -2.19.